The van der Waals surface area contributed by atoms with Crippen LogP contribution in [0.2, 0.25) is 5.02 Å². The van der Waals surface area contributed by atoms with Crippen molar-refractivity contribution in [3.63, 3.8) is 0 Å². The van der Waals surface area contributed by atoms with E-state index in [-0.39, 0.29) is 19.0 Å². The Morgan fingerprint density at radius 2 is 1.87 bits per heavy atom. The van der Waals surface area contributed by atoms with E-state index < -0.39 is 11.8 Å². The molecule has 0 aromatic heterocycles. The maximum Gasteiger partial charge on any atom is 0.256 e. The van der Waals surface area contributed by atoms with Crippen LogP contribution in [0.5, 0.6) is 0 Å². The summed E-state index contributed by atoms with van der Waals surface area (Å²) in [7, 11) is 0. The minimum absolute atomic E-state index is 0.161. The van der Waals surface area contributed by atoms with Crippen LogP contribution in [0.3, 0.4) is 0 Å². The fourth-order valence-electron chi connectivity index (χ4n) is 2.34. The van der Waals surface area contributed by atoms with Gasteiger partial charge in [-0.1, -0.05) is 11.6 Å². The molecule has 1 aromatic carbocycles. The number of likely N-dealkylation sites (tertiary alicyclic amines) is 1. The second-order valence-electron chi connectivity index (χ2n) is 5.22. The highest BCUT2D eigenvalue weighted by molar-refractivity contribution is 6.31. The molecule has 0 spiro atoms. The van der Waals surface area contributed by atoms with Gasteiger partial charge in [-0.25, -0.2) is 0 Å². The van der Waals surface area contributed by atoms with Crippen LogP contribution in [0.25, 0.3) is 0 Å². The predicted molar refractivity (Wildman–Crippen MR) is 87.3 cm³/mol. The Hall–Kier alpha value is -2.12. The first kappa shape index (κ1) is 17.2. The molecule has 3 amide bonds. The van der Waals surface area contributed by atoms with E-state index in [1.54, 1.807) is 17.0 Å². The van der Waals surface area contributed by atoms with Gasteiger partial charge in [0.2, 0.25) is 11.8 Å². The average Bonchev–Trinajstić information content (AvgIpc) is 3.08. The molecule has 1 fully saturated rings. The molecule has 23 heavy (non-hydrogen) atoms. The van der Waals surface area contributed by atoms with Crippen LogP contribution in [-0.2, 0) is 9.59 Å². The SMILES string of the molecule is NCC(=O)NCC(=O)Nc1ccc(Cl)cc1C(=O)N1CCCC1. The van der Waals surface area contributed by atoms with Crippen molar-refractivity contribution in [2.24, 2.45) is 5.73 Å². The summed E-state index contributed by atoms with van der Waals surface area (Å²) in [6.45, 7) is 1.000. The van der Waals surface area contributed by atoms with Crippen LogP contribution in [0.15, 0.2) is 18.2 Å². The summed E-state index contributed by atoms with van der Waals surface area (Å²) in [4.78, 5) is 37.2. The highest BCUT2D eigenvalue weighted by Gasteiger charge is 2.22. The number of carbonyl (C=O) groups is 3. The lowest BCUT2D eigenvalue weighted by atomic mass is 10.1. The third-order valence-corrected chi connectivity index (χ3v) is 3.75. The van der Waals surface area contributed by atoms with Gasteiger partial charge in [0.05, 0.1) is 24.3 Å². The largest absolute Gasteiger partial charge is 0.346 e. The summed E-state index contributed by atoms with van der Waals surface area (Å²) < 4.78 is 0. The first-order chi connectivity index (χ1) is 11.0. The Balaban J connectivity index is 2.10. The molecule has 7 nitrogen and oxygen atoms in total. The summed E-state index contributed by atoms with van der Waals surface area (Å²) in [5.41, 5.74) is 5.87. The lowest BCUT2D eigenvalue weighted by Gasteiger charge is -2.18. The molecule has 0 aliphatic carbocycles. The van der Waals surface area contributed by atoms with Gasteiger partial charge in [0.25, 0.3) is 5.91 Å². The van der Waals surface area contributed by atoms with Gasteiger partial charge in [-0.15, -0.1) is 0 Å². The molecule has 0 saturated carbocycles. The molecule has 0 unspecified atom stereocenters. The molecule has 1 saturated heterocycles. The van der Waals surface area contributed by atoms with Crippen molar-refractivity contribution in [3.8, 4) is 0 Å². The van der Waals surface area contributed by atoms with E-state index in [0.29, 0.717) is 29.4 Å². The molecule has 1 aliphatic heterocycles. The van der Waals surface area contributed by atoms with Gasteiger partial charge in [-0.2, -0.15) is 0 Å². The highest BCUT2D eigenvalue weighted by Crippen LogP contribution is 2.24. The van der Waals surface area contributed by atoms with E-state index in [4.69, 9.17) is 17.3 Å². The lowest BCUT2D eigenvalue weighted by Crippen LogP contribution is -2.37. The zero-order chi connectivity index (χ0) is 16.8. The maximum absolute atomic E-state index is 12.5. The summed E-state index contributed by atoms with van der Waals surface area (Å²) in [6.07, 6.45) is 1.94. The molecular weight excluding hydrogens is 320 g/mol. The highest BCUT2D eigenvalue weighted by atomic mass is 35.5. The van der Waals surface area contributed by atoms with Gasteiger partial charge in [0.1, 0.15) is 0 Å². The van der Waals surface area contributed by atoms with Crippen LogP contribution in [0.1, 0.15) is 23.2 Å². The van der Waals surface area contributed by atoms with Crippen molar-refractivity contribution in [2.75, 3.05) is 31.5 Å². The third kappa shape index (κ3) is 4.67. The van der Waals surface area contributed by atoms with E-state index in [0.717, 1.165) is 12.8 Å². The third-order valence-electron chi connectivity index (χ3n) is 3.51. The number of carbonyl (C=O) groups excluding carboxylic acids is 3. The monoisotopic (exact) mass is 338 g/mol. The van der Waals surface area contributed by atoms with E-state index >= 15 is 0 Å². The van der Waals surface area contributed by atoms with E-state index in [2.05, 4.69) is 10.6 Å². The number of hydrogen-bond donors (Lipinski definition) is 3. The van der Waals surface area contributed by atoms with Crippen LogP contribution < -0.4 is 16.4 Å². The van der Waals surface area contributed by atoms with Crippen molar-refractivity contribution in [1.29, 1.82) is 0 Å². The number of nitrogens with two attached hydrogens (primary N) is 1. The minimum atomic E-state index is -0.440. The normalized spacial score (nSPS) is 13.7. The molecule has 1 aliphatic rings. The van der Waals surface area contributed by atoms with Crippen molar-refractivity contribution >= 4 is 35.0 Å². The molecule has 4 N–H and O–H groups in total. The van der Waals surface area contributed by atoms with Gasteiger partial charge in [0.15, 0.2) is 0 Å². The molecular formula is C15H19ClN4O3. The lowest BCUT2D eigenvalue weighted by molar-refractivity contribution is -0.123. The number of amides is 3. The number of halogens is 1. The standard InChI is InChI=1S/C15H19ClN4O3/c16-10-3-4-12(19-14(22)9-18-13(21)8-17)11(7-10)15(23)20-5-1-2-6-20/h3-4,7H,1-2,5-6,8-9,17H2,(H,18,21)(H,19,22). The summed E-state index contributed by atoms with van der Waals surface area (Å²) >= 11 is 5.97. The van der Waals surface area contributed by atoms with Gasteiger partial charge >= 0.3 is 0 Å². The number of rotatable bonds is 5. The first-order valence-corrected chi connectivity index (χ1v) is 7.74. The number of hydrogen-bond acceptors (Lipinski definition) is 4. The Labute approximate surface area is 139 Å². The van der Waals surface area contributed by atoms with Crippen molar-refractivity contribution in [1.82, 2.24) is 10.2 Å². The molecule has 1 heterocycles. The smallest absolute Gasteiger partial charge is 0.256 e. The fraction of sp³-hybridized carbons (Fsp3) is 0.400. The van der Waals surface area contributed by atoms with Gasteiger partial charge < -0.3 is 21.3 Å². The number of nitrogens with one attached hydrogen (secondary N) is 2. The van der Waals surface area contributed by atoms with Gasteiger partial charge in [-0.05, 0) is 31.0 Å². The fourth-order valence-corrected chi connectivity index (χ4v) is 2.51. The Morgan fingerprint density at radius 1 is 1.17 bits per heavy atom. The molecule has 1 aromatic rings. The first-order valence-electron chi connectivity index (χ1n) is 7.36. The number of benzene rings is 1. The topological polar surface area (TPSA) is 105 Å². The predicted octanol–water partition coefficient (Wildman–Crippen LogP) is 0.589. The van der Waals surface area contributed by atoms with Crippen molar-refractivity contribution in [3.05, 3.63) is 28.8 Å². The van der Waals surface area contributed by atoms with E-state index in [9.17, 15) is 14.4 Å². The number of anilines is 1. The van der Waals surface area contributed by atoms with Crippen LogP contribution in [-0.4, -0.2) is 48.8 Å². The Bertz CT molecular complexity index is 615. The van der Waals surface area contributed by atoms with Gasteiger partial charge in [-0.3, -0.25) is 14.4 Å². The van der Waals surface area contributed by atoms with E-state index in [1.165, 1.54) is 6.07 Å². The average molecular weight is 339 g/mol. The van der Waals surface area contributed by atoms with Crippen LogP contribution in [0, 0.1) is 0 Å². The molecule has 124 valence electrons. The second kappa shape index (κ2) is 7.94. The minimum Gasteiger partial charge on any atom is -0.346 e. The zero-order valence-corrected chi connectivity index (χ0v) is 13.4. The number of nitrogens with zero attached hydrogens (tertiary/aromatic N) is 1. The Kier molecular flexibility index (Phi) is 5.95. The van der Waals surface area contributed by atoms with Crippen LogP contribution >= 0.6 is 11.6 Å². The zero-order valence-electron chi connectivity index (χ0n) is 12.6. The molecule has 0 bridgehead atoms. The summed E-state index contributed by atoms with van der Waals surface area (Å²) in [5, 5.41) is 5.41. The second-order valence-corrected chi connectivity index (χ2v) is 5.65. The van der Waals surface area contributed by atoms with Crippen molar-refractivity contribution in [2.45, 2.75) is 12.8 Å². The molecule has 0 radical (unpaired) electrons. The van der Waals surface area contributed by atoms with Crippen molar-refractivity contribution < 1.29 is 14.4 Å². The molecule has 0 atom stereocenters. The molecule has 8 heteroatoms. The Morgan fingerprint density at radius 3 is 2.52 bits per heavy atom. The maximum atomic E-state index is 12.5. The quantitative estimate of drug-likeness (QED) is 0.730. The van der Waals surface area contributed by atoms with Crippen LogP contribution in [0.4, 0.5) is 5.69 Å². The molecule has 2 rings (SSSR count). The summed E-state index contributed by atoms with van der Waals surface area (Å²) in [5.74, 6) is -1.03. The summed E-state index contributed by atoms with van der Waals surface area (Å²) in [6, 6.07) is 4.71. The van der Waals surface area contributed by atoms with E-state index in [1.807, 2.05) is 0 Å². The van der Waals surface area contributed by atoms with Gasteiger partial charge in [0, 0.05) is 18.1 Å².